The topological polar surface area (TPSA) is 37.4 Å². The molecule has 2 heterocycles. The van der Waals surface area contributed by atoms with Crippen molar-refractivity contribution >= 4 is 23.5 Å². The van der Waals surface area contributed by atoms with Crippen molar-refractivity contribution in [3.05, 3.63) is 12.3 Å². The van der Waals surface area contributed by atoms with Crippen molar-refractivity contribution < 1.29 is 9.59 Å². The summed E-state index contributed by atoms with van der Waals surface area (Å²) < 4.78 is 0. The fourth-order valence-corrected chi connectivity index (χ4v) is 1.96. The number of ketones is 1. The summed E-state index contributed by atoms with van der Waals surface area (Å²) in [6, 6.07) is 0. The molecule has 0 aromatic rings. The summed E-state index contributed by atoms with van der Waals surface area (Å²) in [4.78, 5) is 22.9. The van der Waals surface area contributed by atoms with Gasteiger partial charge in [-0.15, -0.1) is 11.8 Å². The van der Waals surface area contributed by atoms with Crippen LogP contribution < -0.4 is 0 Å². The van der Waals surface area contributed by atoms with E-state index in [1.165, 1.54) is 16.7 Å². The molecule has 0 aromatic carbocycles. The van der Waals surface area contributed by atoms with Crippen molar-refractivity contribution in [2.45, 2.75) is 5.37 Å². The van der Waals surface area contributed by atoms with E-state index in [2.05, 4.69) is 0 Å². The summed E-state index contributed by atoms with van der Waals surface area (Å²) in [6.07, 6.45) is 3.57. The Morgan fingerprint density at radius 2 is 2.40 bits per heavy atom. The van der Waals surface area contributed by atoms with Crippen LogP contribution >= 0.6 is 11.8 Å². The smallest absolute Gasteiger partial charge is 0.292 e. The molecule has 2 rings (SSSR count). The van der Waals surface area contributed by atoms with Gasteiger partial charge in [-0.1, -0.05) is 6.08 Å². The number of carbonyl (C=O) groups excluding carboxylic acids is 2. The first-order chi connectivity index (χ1) is 4.80. The molecule has 52 valence electrons. The normalized spacial score (nSPS) is 30.0. The van der Waals surface area contributed by atoms with Crippen LogP contribution in [0.25, 0.3) is 0 Å². The summed E-state index contributed by atoms with van der Waals surface area (Å²) in [7, 11) is 0. The summed E-state index contributed by atoms with van der Waals surface area (Å²) in [5, 5.41) is -0.197. The number of amides is 1. The lowest BCUT2D eigenvalue weighted by Crippen LogP contribution is -2.58. The molecule has 0 radical (unpaired) electrons. The number of nitrogens with zero attached hydrogens (tertiary/aromatic N) is 1. The van der Waals surface area contributed by atoms with E-state index in [1.807, 2.05) is 6.08 Å². The van der Waals surface area contributed by atoms with Gasteiger partial charge < -0.3 is 0 Å². The Morgan fingerprint density at radius 1 is 1.60 bits per heavy atom. The van der Waals surface area contributed by atoms with Gasteiger partial charge in [0, 0.05) is 12.0 Å². The Kier molecular flexibility index (Phi) is 1.11. The van der Waals surface area contributed by atoms with Crippen molar-refractivity contribution in [3.63, 3.8) is 0 Å². The molecular weight excluding hydrogens is 150 g/mol. The van der Waals surface area contributed by atoms with Gasteiger partial charge in [0.15, 0.2) is 5.37 Å². The predicted octanol–water partition coefficient (Wildman–Crippen LogP) is -0.0157. The van der Waals surface area contributed by atoms with E-state index in [-0.39, 0.29) is 17.1 Å². The van der Waals surface area contributed by atoms with Gasteiger partial charge in [0.25, 0.3) is 11.7 Å². The molecule has 0 bridgehead atoms. The van der Waals surface area contributed by atoms with Gasteiger partial charge in [0.05, 0.1) is 0 Å². The van der Waals surface area contributed by atoms with E-state index in [9.17, 15) is 9.59 Å². The van der Waals surface area contributed by atoms with Crippen molar-refractivity contribution in [3.8, 4) is 0 Å². The zero-order chi connectivity index (χ0) is 7.14. The van der Waals surface area contributed by atoms with Crippen LogP contribution in [0.5, 0.6) is 0 Å². The van der Waals surface area contributed by atoms with Crippen LogP contribution in [0.15, 0.2) is 12.3 Å². The highest BCUT2D eigenvalue weighted by Crippen LogP contribution is 2.29. The van der Waals surface area contributed by atoms with Crippen LogP contribution in [-0.4, -0.2) is 27.7 Å². The van der Waals surface area contributed by atoms with E-state index in [0.717, 1.165) is 5.75 Å². The number of thioether (sulfide) groups is 1. The maximum Gasteiger partial charge on any atom is 0.298 e. The van der Waals surface area contributed by atoms with Gasteiger partial charge >= 0.3 is 0 Å². The van der Waals surface area contributed by atoms with Crippen LogP contribution in [0.1, 0.15) is 0 Å². The zero-order valence-corrected chi connectivity index (χ0v) is 5.93. The predicted molar refractivity (Wildman–Crippen MR) is 37.2 cm³/mol. The fourth-order valence-electron chi connectivity index (χ4n) is 1.00. The van der Waals surface area contributed by atoms with E-state index in [4.69, 9.17) is 0 Å². The first-order valence-corrected chi connectivity index (χ1v) is 4.00. The van der Waals surface area contributed by atoms with E-state index in [0.29, 0.717) is 0 Å². The third kappa shape index (κ3) is 0.568. The zero-order valence-electron chi connectivity index (χ0n) is 5.11. The van der Waals surface area contributed by atoms with Gasteiger partial charge in [0.2, 0.25) is 0 Å². The second kappa shape index (κ2) is 1.85. The molecule has 0 saturated carbocycles. The number of β-lactam (4-membered cyclic amide) rings is 1. The summed E-state index contributed by atoms with van der Waals surface area (Å²) >= 11 is 1.49. The fraction of sp³-hybridized carbons (Fsp3) is 0.333. The molecule has 1 amide bonds. The molecule has 0 aliphatic carbocycles. The van der Waals surface area contributed by atoms with E-state index >= 15 is 0 Å². The Morgan fingerprint density at radius 3 is 3.10 bits per heavy atom. The number of Topliss-reactive ketones (excluding diaryl/α,β-unsaturated/α-hetero) is 1. The van der Waals surface area contributed by atoms with E-state index in [1.54, 1.807) is 6.20 Å². The monoisotopic (exact) mass is 155 g/mol. The van der Waals surface area contributed by atoms with Crippen molar-refractivity contribution in [1.82, 2.24) is 4.90 Å². The Hall–Kier alpha value is -0.770. The third-order valence-electron chi connectivity index (χ3n) is 1.54. The second-order valence-electron chi connectivity index (χ2n) is 2.15. The highest BCUT2D eigenvalue weighted by Gasteiger charge is 2.46. The summed E-state index contributed by atoms with van der Waals surface area (Å²) in [6.45, 7) is 0. The molecule has 0 unspecified atom stereocenters. The van der Waals surface area contributed by atoms with Crippen LogP contribution in [0.2, 0.25) is 0 Å². The molecule has 10 heavy (non-hydrogen) atoms. The van der Waals surface area contributed by atoms with Gasteiger partial charge in [-0.05, 0) is 0 Å². The van der Waals surface area contributed by atoms with E-state index < -0.39 is 0 Å². The van der Waals surface area contributed by atoms with Crippen LogP contribution in [0.4, 0.5) is 0 Å². The minimum absolute atomic E-state index is 0.197. The Bertz CT molecular complexity index is 236. The third-order valence-corrected chi connectivity index (χ3v) is 2.68. The maximum atomic E-state index is 10.7. The van der Waals surface area contributed by atoms with Gasteiger partial charge in [0.1, 0.15) is 0 Å². The first-order valence-electron chi connectivity index (χ1n) is 2.95. The highest BCUT2D eigenvalue weighted by molar-refractivity contribution is 8.01. The standard InChI is InChI=1S/C6H5NO2S/c8-4-5(9)7-2-1-3-10-6(4)7/h1-2,6H,3H2/t6-/m1/s1. The molecule has 2 aliphatic rings. The molecule has 2 aliphatic heterocycles. The van der Waals surface area contributed by atoms with Crippen molar-refractivity contribution in [1.29, 1.82) is 0 Å². The molecule has 0 N–H and O–H groups in total. The van der Waals surface area contributed by atoms with Crippen LogP contribution in [0, 0.1) is 0 Å². The highest BCUT2D eigenvalue weighted by atomic mass is 32.2. The molecule has 0 aromatic heterocycles. The number of hydrogen-bond acceptors (Lipinski definition) is 3. The summed E-state index contributed by atoms with van der Waals surface area (Å²) in [5.74, 6) is 0.211. The summed E-state index contributed by atoms with van der Waals surface area (Å²) in [5.41, 5.74) is 0. The lowest BCUT2D eigenvalue weighted by atomic mass is 10.2. The lowest BCUT2D eigenvalue weighted by Gasteiger charge is -2.37. The number of rotatable bonds is 0. The largest absolute Gasteiger partial charge is 0.298 e. The molecule has 1 atom stereocenters. The SMILES string of the molecule is O=C1C(=O)N2C=CCS[C@H]12. The number of hydrogen-bond donors (Lipinski definition) is 0. The number of carbonyl (C=O) groups is 2. The van der Waals surface area contributed by atoms with Gasteiger partial charge in [-0.25, -0.2) is 0 Å². The Labute approximate surface area is 62.1 Å². The van der Waals surface area contributed by atoms with Crippen molar-refractivity contribution in [2.75, 3.05) is 5.75 Å². The van der Waals surface area contributed by atoms with Gasteiger partial charge in [-0.3, -0.25) is 14.5 Å². The molecule has 4 heteroatoms. The van der Waals surface area contributed by atoms with Crippen LogP contribution in [-0.2, 0) is 9.59 Å². The molecule has 0 spiro atoms. The average molecular weight is 155 g/mol. The minimum Gasteiger partial charge on any atom is -0.292 e. The van der Waals surface area contributed by atoms with Crippen LogP contribution in [0.3, 0.4) is 0 Å². The molecule has 1 saturated heterocycles. The maximum absolute atomic E-state index is 10.7. The molecule has 3 nitrogen and oxygen atoms in total. The number of fused-ring (bicyclic) bond motifs is 1. The lowest BCUT2D eigenvalue weighted by molar-refractivity contribution is -0.153. The Balaban J connectivity index is 2.26. The van der Waals surface area contributed by atoms with Crippen molar-refractivity contribution in [2.24, 2.45) is 0 Å². The average Bonchev–Trinajstić information content (AvgIpc) is 2.03. The quantitative estimate of drug-likeness (QED) is 0.364. The van der Waals surface area contributed by atoms with Gasteiger partial charge in [-0.2, -0.15) is 0 Å². The molecule has 1 fully saturated rings. The second-order valence-corrected chi connectivity index (χ2v) is 3.26. The minimum atomic E-state index is -0.367. The molecular formula is C6H5NO2S. The first kappa shape index (κ1) is 5.97.